The lowest BCUT2D eigenvalue weighted by atomic mass is 10.2. The highest BCUT2D eigenvalue weighted by molar-refractivity contribution is 5.99. The van der Waals surface area contributed by atoms with Crippen LogP contribution in [0.3, 0.4) is 0 Å². The molecule has 1 aromatic carbocycles. The highest BCUT2D eigenvalue weighted by Crippen LogP contribution is 2.26. The molecule has 28 heavy (non-hydrogen) atoms. The number of fused-ring (bicyclic) bond motifs is 1. The Morgan fingerprint density at radius 2 is 2.00 bits per heavy atom. The summed E-state index contributed by atoms with van der Waals surface area (Å²) in [6.07, 6.45) is 2.04. The molecule has 0 bridgehead atoms. The number of nitrogens with two attached hydrogens (primary N) is 2. The minimum atomic E-state index is -0.843. The standard InChI is InChI=1S/C18H20FN7O2/c1-3-13(16(21)28)24-18-12(19)7-11(15(20)27)17(25-18)23-10-4-5-14-9(6-10)8-22-26(14)2/h4-8,13H,3H2,1-2H3,(H2,20,27)(H2,21,28)(H2,23,24,25). The number of aromatic nitrogens is 3. The fraction of sp³-hybridized carbons (Fsp3) is 0.222. The minimum Gasteiger partial charge on any atom is -0.368 e. The second-order valence-corrected chi connectivity index (χ2v) is 6.25. The van der Waals surface area contributed by atoms with Gasteiger partial charge in [0.05, 0.1) is 17.3 Å². The molecular weight excluding hydrogens is 365 g/mol. The van der Waals surface area contributed by atoms with Gasteiger partial charge in [-0.3, -0.25) is 14.3 Å². The van der Waals surface area contributed by atoms with E-state index in [1.54, 1.807) is 23.9 Å². The maximum Gasteiger partial charge on any atom is 0.252 e. The molecule has 0 radical (unpaired) electrons. The van der Waals surface area contributed by atoms with Crippen molar-refractivity contribution in [2.45, 2.75) is 19.4 Å². The van der Waals surface area contributed by atoms with Crippen LogP contribution in [0.2, 0.25) is 0 Å². The molecule has 9 nitrogen and oxygen atoms in total. The number of anilines is 3. The zero-order chi connectivity index (χ0) is 20.4. The molecule has 0 aliphatic carbocycles. The van der Waals surface area contributed by atoms with Crippen LogP contribution in [-0.2, 0) is 11.8 Å². The summed E-state index contributed by atoms with van der Waals surface area (Å²) >= 11 is 0. The second kappa shape index (κ2) is 7.51. The Bertz CT molecular complexity index is 1060. The molecule has 2 heterocycles. The summed E-state index contributed by atoms with van der Waals surface area (Å²) in [4.78, 5) is 27.3. The van der Waals surface area contributed by atoms with Crippen molar-refractivity contribution in [3.8, 4) is 0 Å². The first-order valence-corrected chi connectivity index (χ1v) is 8.55. The molecule has 1 unspecified atom stereocenters. The molecule has 0 aliphatic rings. The molecule has 3 rings (SSSR count). The van der Waals surface area contributed by atoms with E-state index in [0.29, 0.717) is 12.1 Å². The van der Waals surface area contributed by atoms with E-state index < -0.39 is 23.7 Å². The third kappa shape index (κ3) is 3.70. The number of carbonyl (C=O) groups is 2. The third-order valence-electron chi connectivity index (χ3n) is 4.31. The number of primary amides is 2. The van der Waals surface area contributed by atoms with E-state index >= 15 is 0 Å². The van der Waals surface area contributed by atoms with Gasteiger partial charge < -0.3 is 22.1 Å². The lowest BCUT2D eigenvalue weighted by molar-refractivity contribution is -0.118. The summed E-state index contributed by atoms with van der Waals surface area (Å²) in [5.41, 5.74) is 12.1. The van der Waals surface area contributed by atoms with Crippen LogP contribution in [0.5, 0.6) is 0 Å². The molecule has 0 saturated carbocycles. The molecule has 6 N–H and O–H groups in total. The van der Waals surface area contributed by atoms with E-state index in [4.69, 9.17) is 11.5 Å². The highest BCUT2D eigenvalue weighted by atomic mass is 19.1. The van der Waals surface area contributed by atoms with Crippen molar-refractivity contribution in [2.24, 2.45) is 18.5 Å². The van der Waals surface area contributed by atoms with Gasteiger partial charge in [-0.2, -0.15) is 5.10 Å². The zero-order valence-electron chi connectivity index (χ0n) is 15.4. The smallest absolute Gasteiger partial charge is 0.252 e. The summed E-state index contributed by atoms with van der Waals surface area (Å²) in [6, 6.07) is 5.59. The number of hydrogen-bond acceptors (Lipinski definition) is 6. The van der Waals surface area contributed by atoms with Crippen molar-refractivity contribution in [2.75, 3.05) is 10.6 Å². The maximum atomic E-state index is 14.4. The van der Waals surface area contributed by atoms with E-state index in [0.717, 1.165) is 17.0 Å². The number of aryl methyl sites for hydroxylation is 1. The number of nitrogens with one attached hydrogen (secondary N) is 2. The first-order valence-electron chi connectivity index (χ1n) is 8.55. The molecule has 1 atom stereocenters. The lowest BCUT2D eigenvalue weighted by Gasteiger charge is -2.17. The molecule has 2 aromatic heterocycles. The average Bonchev–Trinajstić information content (AvgIpc) is 3.01. The Hall–Kier alpha value is -3.69. The lowest BCUT2D eigenvalue weighted by Crippen LogP contribution is -2.35. The number of halogens is 1. The number of carbonyl (C=O) groups excluding carboxylic acids is 2. The largest absolute Gasteiger partial charge is 0.368 e. The number of rotatable bonds is 7. The quantitative estimate of drug-likeness (QED) is 0.487. The van der Waals surface area contributed by atoms with Gasteiger partial charge >= 0.3 is 0 Å². The van der Waals surface area contributed by atoms with Gasteiger partial charge in [-0.15, -0.1) is 0 Å². The van der Waals surface area contributed by atoms with Crippen molar-refractivity contribution in [1.82, 2.24) is 14.8 Å². The zero-order valence-corrected chi connectivity index (χ0v) is 15.4. The molecule has 146 valence electrons. The van der Waals surface area contributed by atoms with E-state index in [1.165, 1.54) is 0 Å². The number of pyridine rings is 1. The minimum absolute atomic E-state index is 0.0546. The van der Waals surface area contributed by atoms with Crippen LogP contribution in [0, 0.1) is 5.82 Å². The highest BCUT2D eigenvalue weighted by Gasteiger charge is 2.20. The Morgan fingerprint density at radius 3 is 2.64 bits per heavy atom. The molecule has 10 heteroatoms. The van der Waals surface area contributed by atoms with Gasteiger partial charge in [-0.05, 0) is 30.7 Å². The maximum absolute atomic E-state index is 14.4. The van der Waals surface area contributed by atoms with Gasteiger partial charge in [-0.25, -0.2) is 9.37 Å². The number of hydrogen-bond donors (Lipinski definition) is 4. The van der Waals surface area contributed by atoms with Crippen LogP contribution in [0.15, 0.2) is 30.5 Å². The van der Waals surface area contributed by atoms with Gasteiger partial charge in [-0.1, -0.05) is 6.92 Å². The summed E-state index contributed by atoms with van der Waals surface area (Å²) in [5.74, 6) is -2.45. The van der Waals surface area contributed by atoms with Gasteiger partial charge in [0.15, 0.2) is 11.6 Å². The Balaban J connectivity index is 2.00. The SMILES string of the molecule is CCC(Nc1nc(Nc2ccc3c(cnn3C)c2)c(C(N)=O)cc1F)C(N)=O. The first-order chi connectivity index (χ1) is 13.3. The van der Waals surface area contributed by atoms with Gasteiger partial charge in [0.2, 0.25) is 5.91 Å². The predicted molar refractivity (Wildman–Crippen MR) is 104 cm³/mol. The van der Waals surface area contributed by atoms with Gasteiger partial charge in [0.1, 0.15) is 11.9 Å². The van der Waals surface area contributed by atoms with Crippen LogP contribution in [0.1, 0.15) is 23.7 Å². The average molecular weight is 385 g/mol. The summed E-state index contributed by atoms with van der Waals surface area (Å²) in [7, 11) is 1.82. The van der Waals surface area contributed by atoms with Crippen molar-refractivity contribution in [1.29, 1.82) is 0 Å². The van der Waals surface area contributed by atoms with Crippen LogP contribution in [0.4, 0.5) is 21.7 Å². The molecule has 0 saturated heterocycles. The van der Waals surface area contributed by atoms with Crippen molar-refractivity contribution >= 4 is 40.0 Å². The Labute approximate surface area is 159 Å². The fourth-order valence-corrected chi connectivity index (χ4v) is 2.79. The Kier molecular flexibility index (Phi) is 5.12. The summed E-state index contributed by atoms with van der Waals surface area (Å²) in [6.45, 7) is 1.72. The van der Waals surface area contributed by atoms with Crippen molar-refractivity contribution in [3.05, 3.63) is 41.8 Å². The van der Waals surface area contributed by atoms with Crippen LogP contribution in [0.25, 0.3) is 10.9 Å². The molecule has 0 spiro atoms. The topological polar surface area (TPSA) is 141 Å². The van der Waals surface area contributed by atoms with E-state index in [1.807, 2.05) is 19.2 Å². The molecule has 3 aromatic rings. The Morgan fingerprint density at radius 1 is 1.25 bits per heavy atom. The third-order valence-corrected chi connectivity index (χ3v) is 4.31. The first kappa shape index (κ1) is 19.1. The van der Waals surface area contributed by atoms with Crippen molar-refractivity contribution in [3.63, 3.8) is 0 Å². The second-order valence-electron chi connectivity index (χ2n) is 6.25. The van der Waals surface area contributed by atoms with Gasteiger partial charge in [0.25, 0.3) is 5.91 Å². The van der Waals surface area contributed by atoms with E-state index in [2.05, 4.69) is 20.7 Å². The fourth-order valence-electron chi connectivity index (χ4n) is 2.79. The van der Waals surface area contributed by atoms with E-state index in [9.17, 15) is 14.0 Å². The molecule has 0 fully saturated rings. The van der Waals surface area contributed by atoms with Crippen LogP contribution >= 0.6 is 0 Å². The normalized spacial score (nSPS) is 12.0. The monoisotopic (exact) mass is 385 g/mol. The number of benzene rings is 1. The summed E-state index contributed by atoms with van der Waals surface area (Å²) < 4.78 is 16.1. The van der Waals surface area contributed by atoms with Crippen LogP contribution in [-0.4, -0.2) is 32.6 Å². The van der Waals surface area contributed by atoms with Crippen molar-refractivity contribution < 1.29 is 14.0 Å². The van der Waals surface area contributed by atoms with Crippen LogP contribution < -0.4 is 22.1 Å². The molecule has 2 amide bonds. The summed E-state index contributed by atoms with van der Waals surface area (Å²) in [5, 5.41) is 10.7. The van der Waals surface area contributed by atoms with E-state index in [-0.39, 0.29) is 17.2 Å². The predicted octanol–water partition coefficient (Wildman–Crippen LogP) is 1.63. The number of nitrogens with zero attached hydrogens (tertiary/aromatic N) is 3. The molecule has 0 aliphatic heterocycles. The number of amides is 2. The molecular formula is C18H20FN7O2. The van der Waals surface area contributed by atoms with Gasteiger partial charge in [0, 0.05) is 18.1 Å².